The van der Waals surface area contributed by atoms with E-state index in [0.717, 1.165) is 31.8 Å². The number of rotatable bonds is 9. The molecule has 3 nitrogen and oxygen atoms in total. The summed E-state index contributed by atoms with van der Waals surface area (Å²) in [7, 11) is 0. The number of nitrogens with one attached hydrogen (secondary N) is 2. The fraction of sp³-hybridized carbons (Fsp3) is 0.923. The molecule has 0 aromatic heterocycles. The predicted octanol–water partition coefficient (Wildman–Crippen LogP) is 2.17. The molecule has 3 heteroatoms. The lowest BCUT2D eigenvalue weighted by Crippen LogP contribution is -2.35. The Bertz CT molecular complexity index is 179. The Kier molecular flexibility index (Phi) is 9.30. The zero-order valence-electron chi connectivity index (χ0n) is 11.3. The first kappa shape index (κ1) is 15.4. The summed E-state index contributed by atoms with van der Waals surface area (Å²) in [5.41, 5.74) is 0. The van der Waals surface area contributed by atoms with Crippen LogP contribution in [0.5, 0.6) is 0 Å². The highest BCUT2D eigenvalue weighted by Crippen LogP contribution is 2.01. The van der Waals surface area contributed by atoms with E-state index < -0.39 is 0 Å². The van der Waals surface area contributed by atoms with Crippen molar-refractivity contribution in [2.45, 2.75) is 47.0 Å². The molecule has 2 N–H and O–H groups in total. The quantitative estimate of drug-likeness (QED) is 0.594. The molecule has 0 atom stereocenters. The molecule has 0 heterocycles. The van der Waals surface area contributed by atoms with E-state index in [4.69, 9.17) is 0 Å². The highest BCUT2D eigenvalue weighted by molar-refractivity contribution is 5.77. The third-order valence-electron chi connectivity index (χ3n) is 2.46. The van der Waals surface area contributed by atoms with Crippen molar-refractivity contribution in [1.29, 1.82) is 0 Å². The molecule has 0 aliphatic rings. The molecule has 0 aliphatic heterocycles. The van der Waals surface area contributed by atoms with E-state index in [0.29, 0.717) is 12.5 Å². The summed E-state index contributed by atoms with van der Waals surface area (Å²) in [6.07, 6.45) is 3.43. The SMILES string of the molecule is CC(C)CCCNCC(=O)NCCC(C)C. The topological polar surface area (TPSA) is 41.1 Å². The number of hydrogen-bond acceptors (Lipinski definition) is 2. The summed E-state index contributed by atoms with van der Waals surface area (Å²) >= 11 is 0. The highest BCUT2D eigenvalue weighted by atomic mass is 16.1. The second-order valence-corrected chi connectivity index (χ2v) is 5.25. The maximum atomic E-state index is 11.3. The molecule has 96 valence electrons. The molecule has 0 rings (SSSR count). The minimum absolute atomic E-state index is 0.116. The van der Waals surface area contributed by atoms with Crippen molar-refractivity contribution in [1.82, 2.24) is 10.6 Å². The first-order chi connectivity index (χ1) is 7.52. The van der Waals surface area contributed by atoms with Crippen LogP contribution in [0.25, 0.3) is 0 Å². The van der Waals surface area contributed by atoms with Crippen LogP contribution in [0.15, 0.2) is 0 Å². The minimum atomic E-state index is 0.116. The second-order valence-electron chi connectivity index (χ2n) is 5.25. The molecule has 0 aliphatic carbocycles. The molecule has 0 saturated carbocycles. The molecule has 16 heavy (non-hydrogen) atoms. The molecule has 0 aromatic rings. The van der Waals surface area contributed by atoms with Crippen molar-refractivity contribution in [3.8, 4) is 0 Å². The molecule has 0 spiro atoms. The Labute approximate surface area is 100 Å². The molecule has 1 amide bonds. The van der Waals surface area contributed by atoms with Crippen LogP contribution in [0.4, 0.5) is 0 Å². The van der Waals surface area contributed by atoms with Gasteiger partial charge in [0.2, 0.25) is 5.91 Å². The van der Waals surface area contributed by atoms with Gasteiger partial charge in [0.25, 0.3) is 0 Å². The summed E-state index contributed by atoms with van der Waals surface area (Å²) in [6.45, 7) is 11.0. The van der Waals surface area contributed by atoms with Crippen LogP contribution < -0.4 is 10.6 Å². The van der Waals surface area contributed by atoms with Crippen molar-refractivity contribution in [3.63, 3.8) is 0 Å². The number of amides is 1. The van der Waals surface area contributed by atoms with Crippen LogP contribution in [0.3, 0.4) is 0 Å². The van der Waals surface area contributed by atoms with Crippen molar-refractivity contribution in [2.24, 2.45) is 11.8 Å². The Morgan fingerprint density at radius 3 is 2.19 bits per heavy atom. The average molecular weight is 228 g/mol. The molecule has 0 unspecified atom stereocenters. The zero-order chi connectivity index (χ0) is 12.4. The van der Waals surface area contributed by atoms with Crippen LogP contribution in [0.2, 0.25) is 0 Å². The Hall–Kier alpha value is -0.570. The van der Waals surface area contributed by atoms with E-state index >= 15 is 0 Å². The normalized spacial score (nSPS) is 11.1. The lowest BCUT2D eigenvalue weighted by Gasteiger charge is -2.08. The molecular formula is C13H28N2O. The van der Waals surface area contributed by atoms with Gasteiger partial charge in [-0.15, -0.1) is 0 Å². The van der Waals surface area contributed by atoms with E-state index in [1.54, 1.807) is 0 Å². The van der Waals surface area contributed by atoms with Crippen LogP contribution >= 0.6 is 0 Å². The zero-order valence-corrected chi connectivity index (χ0v) is 11.3. The smallest absolute Gasteiger partial charge is 0.233 e. The van der Waals surface area contributed by atoms with Crippen LogP contribution in [-0.4, -0.2) is 25.5 Å². The van der Waals surface area contributed by atoms with Gasteiger partial charge in [0.15, 0.2) is 0 Å². The summed E-state index contributed by atoms with van der Waals surface area (Å²) in [4.78, 5) is 11.3. The second kappa shape index (κ2) is 9.64. The largest absolute Gasteiger partial charge is 0.355 e. The Balaban J connectivity index is 3.24. The molecule has 0 saturated heterocycles. The molecule has 0 aromatic carbocycles. The third kappa shape index (κ3) is 11.5. The summed E-state index contributed by atoms with van der Waals surface area (Å²) in [5, 5.41) is 6.08. The van der Waals surface area contributed by atoms with E-state index in [-0.39, 0.29) is 5.91 Å². The Morgan fingerprint density at radius 1 is 1.00 bits per heavy atom. The lowest BCUT2D eigenvalue weighted by atomic mass is 10.1. The van der Waals surface area contributed by atoms with Crippen LogP contribution in [0.1, 0.15) is 47.0 Å². The fourth-order valence-corrected chi connectivity index (χ4v) is 1.40. The van der Waals surface area contributed by atoms with Gasteiger partial charge in [-0.1, -0.05) is 27.7 Å². The van der Waals surface area contributed by atoms with Crippen molar-refractivity contribution >= 4 is 5.91 Å². The van der Waals surface area contributed by atoms with Crippen molar-refractivity contribution in [3.05, 3.63) is 0 Å². The average Bonchev–Trinajstić information content (AvgIpc) is 2.16. The number of carbonyl (C=O) groups is 1. The van der Waals surface area contributed by atoms with Gasteiger partial charge in [-0.2, -0.15) is 0 Å². The van der Waals surface area contributed by atoms with E-state index in [2.05, 4.69) is 38.3 Å². The lowest BCUT2D eigenvalue weighted by molar-refractivity contribution is -0.120. The van der Waals surface area contributed by atoms with Crippen molar-refractivity contribution < 1.29 is 4.79 Å². The molecule has 0 bridgehead atoms. The van der Waals surface area contributed by atoms with Crippen LogP contribution in [-0.2, 0) is 4.79 Å². The summed E-state index contributed by atoms with van der Waals surface area (Å²) < 4.78 is 0. The van der Waals surface area contributed by atoms with Crippen molar-refractivity contribution in [2.75, 3.05) is 19.6 Å². The van der Waals surface area contributed by atoms with E-state index in [1.807, 2.05) is 0 Å². The number of carbonyl (C=O) groups excluding carboxylic acids is 1. The summed E-state index contributed by atoms with van der Waals surface area (Å²) in [5.74, 6) is 1.52. The van der Waals surface area contributed by atoms with Crippen LogP contribution in [0, 0.1) is 11.8 Å². The maximum absolute atomic E-state index is 11.3. The monoisotopic (exact) mass is 228 g/mol. The van der Waals surface area contributed by atoms with E-state index in [1.165, 1.54) is 6.42 Å². The van der Waals surface area contributed by atoms with Gasteiger partial charge in [-0.3, -0.25) is 4.79 Å². The summed E-state index contributed by atoms with van der Waals surface area (Å²) in [6, 6.07) is 0. The van der Waals surface area contributed by atoms with Gasteiger partial charge in [-0.25, -0.2) is 0 Å². The van der Waals surface area contributed by atoms with Gasteiger partial charge in [0, 0.05) is 6.54 Å². The first-order valence-corrected chi connectivity index (χ1v) is 6.49. The fourth-order valence-electron chi connectivity index (χ4n) is 1.40. The number of hydrogen-bond donors (Lipinski definition) is 2. The Morgan fingerprint density at radius 2 is 1.62 bits per heavy atom. The predicted molar refractivity (Wildman–Crippen MR) is 69.4 cm³/mol. The molecule has 0 radical (unpaired) electrons. The first-order valence-electron chi connectivity index (χ1n) is 6.49. The highest BCUT2D eigenvalue weighted by Gasteiger charge is 2.00. The van der Waals surface area contributed by atoms with Gasteiger partial charge in [0.05, 0.1) is 6.54 Å². The van der Waals surface area contributed by atoms with Gasteiger partial charge in [0.1, 0.15) is 0 Å². The third-order valence-corrected chi connectivity index (χ3v) is 2.46. The molecule has 0 fully saturated rings. The minimum Gasteiger partial charge on any atom is -0.355 e. The van der Waals surface area contributed by atoms with Gasteiger partial charge >= 0.3 is 0 Å². The van der Waals surface area contributed by atoms with Gasteiger partial charge in [-0.05, 0) is 37.6 Å². The van der Waals surface area contributed by atoms with Gasteiger partial charge < -0.3 is 10.6 Å². The van der Waals surface area contributed by atoms with E-state index in [9.17, 15) is 4.79 Å². The molecular weight excluding hydrogens is 200 g/mol. The standard InChI is InChI=1S/C13H28N2O/c1-11(2)6-5-8-14-10-13(16)15-9-7-12(3)4/h11-12,14H,5-10H2,1-4H3,(H,15,16). The maximum Gasteiger partial charge on any atom is 0.233 e.